The van der Waals surface area contributed by atoms with E-state index in [1.807, 2.05) is 24.8 Å². The molecule has 0 bridgehead atoms. The summed E-state index contributed by atoms with van der Waals surface area (Å²) in [6.45, 7) is 15.1. The lowest BCUT2D eigenvalue weighted by Crippen LogP contribution is -2.35. The molecule has 0 saturated carbocycles. The van der Waals surface area contributed by atoms with Gasteiger partial charge in [-0.2, -0.15) is 15.0 Å². The fourth-order valence-electron chi connectivity index (χ4n) is 6.17. The van der Waals surface area contributed by atoms with Crippen molar-refractivity contribution in [3.05, 3.63) is 36.4 Å². The molecular weight excluding hydrogens is 522 g/mol. The van der Waals surface area contributed by atoms with Crippen molar-refractivity contribution >= 4 is 11.8 Å². The summed E-state index contributed by atoms with van der Waals surface area (Å²) in [5.41, 5.74) is 0. The molecule has 9 nitrogen and oxygen atoms in total. The van der Waals surface area contributed by atoms with Gasteiger partial charge < -0.3 is 0 Å². The van der Waals surface area contributed by atoms with Crippen molar-refractivity contribution in [2.24, 2.45) is 10.9 Å². The maximum atomic E-state index is 5.13. The first kappa shape index (κ1) is 31.8. The van der Waals surface area contributed by atoms with Gasteiger partial charge >= 0.3 is 0 Å². The van der Waals surface area contributed by atoms with Gasteiger partial charge in [0.25, 0.3) is 0 Å². The molecule has 0 fully saturated rings. The van der Waals surface area contributed by atoms with E-state index < -0.39 is 0 Å². The van der Waals surface area contributed by atoms with Gasteiger partial charge in [0.05, 0.1) is 6.54 Å². The fourth-order valence-corrected chi connectivity index (χ4v) is 6.17. The number of aliphatic imine (C=N–C) groups is 1. The zero-order valence-electron chi connectivity index (χ0n) is 27.0. The average molecular weight is 576 g/mol. The molecule has 230 valence electrons. The van der Waals surface area contributed by atoms with Crippen LogP contribution in [0.3, 0.4) is 0 Å². The molecule has 3 aromatic rings. The molecule has 3 unspecified atom stereocenters. The summed E-state index contributed by atoms with van der Waals surface area (Å²) < 4.78 is 4.18. The smallest absolute Gasteiger partial charge is 0.241 e. The van der Waals surface area contributed by atoms with Gasteiger partial charge in [-0.25, -0.2) is 9.97 Å². The lowest BCUT2D eigenvalue weighted by atomic mass is 9.97. The molecule has 9 heteroatoms. The van der Waals surface area contributed by atoms with E-state index in [0.29, 0.717) is 35.6 Å². The highest BCUT2D eigenvalue weighted by Crippen LogP contribution is 2.30. The summed E-state index contributed by atoms with van der Waals surface area (Å²) in [7, 11) is 0. The van der Waals surface area contributed by atoms with Gasteiger partial charge in [-0.05, 0) is 38.5 Å². The van der Waals surface area contributed by atoms with Crippen LogP contribution in [0.2, 0.25) is 0 Å². The van der Waals surface area contributed by atoms with Crippen LogP contribution in [-0.2, 0) is 0 Å². The number of amidine groups is 1. The van der Waals surface area contributed by atoms with Crippen molar-refractivity contribution in [2.45, 2.75) is 130 Å². The van der Waals surface area contributed by atoms with E-state index in [2.05, 4.69) is 55.6 Å². The summed E-state index contributed by atoms with van der Waals surface area (Å²) in [4.78, 5) is 32.2. The van der Waals surface area contributed by atoms with E-state index in [1.54, 1.807) is 0 Å². The van der Waals surface area contributed by atoms with Gasteiger partial charge in [0, 0.05) is 49.1 Å². The van der Waals surface area contributed by atoms with Gasteiger partial charge in [-0.1, -0.05) is 80.1 Å². The number of imidazole rings is 2. The molecule has 0 amide bonds. The number of unbranched alkanes of at least 4 members (excludes halogenated alkanes) is 3. The molecule has 0 aliphatic carbocycles. The van der Waals surface area contributed by atoms with E-state index in [0.717, 1.165) is 69.1 Å². The second-order valence-electron chi connectivity index (χ2n) is 11.7. The van der Waals surface area contributed by atoms with Gasteiger partial charge in [0.15, 0.2) is 0 Å². The molecule has 3 aromatic heterocycles. The minimum Gasteiger partial charge on any atom is -0.296 e. The highest BCUT2D eigenvalue weighted by Gasteiger charge is 2.29. The van der Waals surface area contributed by atoms with E-state index >= 15 is 0 Å². The number of nitrogens with zero attached hydrogens (tertiary/aromatic N) is 9. The Labute approximate surface area is 253 Å². The fraction of sp³-hybridized carbons (Fsp3) is 0.697. The Hall–Kier alpha value is -3.10. The van der Waals surface area contributed by atoms with Crippen LogP contribution in [0.4, 0.5) is 5.95 Å². The van der Waals surface area contributed by atoms with E-state index in [1.165, 1.54) is 38.5 Å². The van der Waals surface area contributed by atoms with Crippen LogP contribution in [-0.4, -0.2) is 53.0 Å². The van der Waals surface area contributed by atoms with Crippen LogP contribution < -0.4 is 4.90 Å². The second kappa shape index (κ2) is 15.9. The summed E-state index contributed by atoms with van der Waals surface area (Å²) in [5.74, 6) is 6.19. The summed E-state index contributed by atoms with van der Waals surface area (Å²) >= 11 is 0. The van der Waals surface area contributed by atoms with Crippen molar-refractivity contribution in [1.29, 1.82) is 0 Å². The molecule has 4 rings (SSSR count). The Kier molecular flexibility index (Phi) is 12.1. The lowest BCUT2D eigenvalue weighted by molar-refractivity contribution is 0.530. The van der Waals surface area contributed by atoms with Gasteiger partial charge in [-0.3, -0.25) is 19.0 Å². The summed E-state index contributed by atoms with van der Waals surface area (Å²) in [6, 6.07) is 0. The van der Waals surface area contributed by atoms with E-state index in [9.17, 15) is 0 Å². The number of aromatic nitrogens is 7. The topological polar surface area (TPSA) is 89.9 Å². The van der Waals surface area contributed by atoms with E-state index in [-0.39, 0.29) is 0 Å². The molecule has 4 heterocycles. The van der Waals surface area contributed by atoms with Gasteiger partial charge in [0.1, 0.15) is 17.5 Å². The van der Waals surface area contributed by atoms with Crippen LogP contribution in [0.1, 0.15) is 142 Å². The minimum absolute atomic E-state index is 0.355. The van der Waals surface area contributed by atoms with Crippen molar-refractivity contribution in [2.75, 3.05) is 18.0 Å². The van der Waals surface area contributed by atoms with Gasteiger partial charge in [0.2, 0.25) is 17.8 Å². The zero-order valence-corrected chi connectivity index (χ0v) is 27.0. The molecule has 0 radical (unpaired) electrons. The number of anilines is 1. The van der Waals surface area contributed by atoms with E-state index in [4.69, 9.17) is 29.9 Å². The predicted molar refractivity (Wildman–Crippen MR) is 172 cm³/mol. The number of rotatable bonds is 18. The quantitative estimate of drug-likeness (QED) is 0.152. The predicted octanol–water partition coefficient (Wildman–Crippen LogP) is 8.05. The van der Waals surface area contributed by atoms with Crippen LogP contribution in [0.15, 0.2) is 29.8 Å². The SMILES string of the molecule is CCCCC(CC)C1=NCCN1c1nc(-n2ccnc2C(CC)CCCC)nc(-n2ccnc2C(CC)CCCC)n1. The van der Waals surface area contributed by atoms with Crippen LogP contribution in [0, 0.1) is 5.92 Å². The molecule has 3 atom stereocenters. The second-order valence-corrected chi connectivity index (χ2v) is 11.7. The van der Waals surface area contributed by atoms with Crippen LogP contribution in [0.5, 0.6) is 0 Å². The molecular formula is C33H53N9. The first-order chi connectivity index (χ1) is 20.6. The molecule has 0 saturated heterocycles. The zero-order chi connectivity index (χ0) is 29.9. The van der Waals surface area contributed by atoms with Crippen molar-refractivity contribution in [3.63, 3.8) is 0 Å². The summed E-state index contributed by atoms with van der Waals surface area (Å²) in [5, 5.41) is 0. The average Bonchev–Trinajstić information content (AvgIpc) is 3.80. The maximum Gasteiger partial charge on any atom is 0.241 e. The maximum absolute atomic E-state index is 5.13. The Morgan fingerprint density at radius 1 is 0.619 bits per heavy atom. The third-order valence-electron chi connectivity index (χ3n) is 8.78. The molecule has 42 heavy (non-hydrogen) atoms. The van der Waals surface area contributed by atoms with Crippen molar-refractivity contribution in [1.82, 2.24) is 34.1 Å². The third kappa shape index (κ3) is 7.27. The highest BCUT2D eigenvalue weighted by atomic mass is 15.4. The first-order valence-corrected chi connectivity index (χ1v) is 16.7. The molecule has 0 aromatic carbocycles. The molecule has 1 aliphatic heterocycles. The first-order valence-electron chi connectivity index (χ1n) is 16.7. The summed E-state index contributed by atoms with van der Waals surface area (Å²) in [6.07, 6.45) is 21.3. The largest absolute Gasteiger partial charge is 0.296 e. The Morgan fingerprint density at radius 2 is 1.07 bits per heavy atom. The Morgan fingerprint density at radius 3 is 1.52 bits per heavy atom. The third-order valence-corrected chi connectivity index (χ3v) is 8.78. The monoisotopic (exact) mass is 575 g/mol. The minimum atomic E-state index is 0.355. The van der Waals surface area contributed by atoms with Crippen molar-refractivity contribution < 1.29 is 0 Å². The molecule has 0 spiro atoms. The molecule has 0 N–H and O–H groups in total. The lowest BCUT2D eigenvalue weighted by Gasteiger charge is -2.25. The van der Waals surface area contributed by atoms with Gasteiger partial charge in [-0.15, -0.1) is 0 Å². The van der Waals surface area contributed by atoms with Crippen LogP contribution in [0.25, 0.3) is 11.9 Å². The standard InChI is InChI=1S/C33H53N9/c1-7-13-16-25(10-4)28-34-19-22-40(28)31-37-32(41-23-20-35-29(41)26(11-5)17-14-8-2)39-33(38-31)42-24-21-36-30(42)27(12-6)18-15-9-3/h19-20,22-23,25-27H,7-18,21,24H2,1-6H3. The molecule has 1 aliphatic rings. The highest BCUT2D eigenvalue weighted by molar-refractivity contribution is 5.99. The van der Waals surface area contributed by atoms with Crippen LogP contribution >= 0.6 is 0 Å². The Balaban J connectivity index is 1.83. The number of hydrogen-bond acceptors (Lipinski definition) is 7. The van der Waals surface area contributed by atoms with Crippen molar-refractivity contribution in [3.8, 4) is 11.9 Å². The number of hydrogen-bond donors (Lipinski definition) is 0. The normalized spacial score (nSPS) is 15.7. The Bertz CT molecular complexity index is 1190.